The van der Waals surface area contributed by atoms with E-state index in [0.717, 1.165) is 0 Å². The Morgan fingerprint density at radius 2 is 2.08 bits per heavy atom. The lowest BCUT2D eigenvalue weighted by atomic mass is 10.1. The number of hydrogen-bond acceptors (Lipinski definition) is 10. The van der Waals surface area contributed by atoms with Gasteiger partial charge in [-0.15, -0.1) is 10.2 Å². The number of sulfonamides is 1. The predicted molar refractivity (Wildman–Crippen MR) is 135 cm³/mol. The Morgan fingerprint density at radius 3 is 2.72 bits per heavy atom. The van der Waals surface area contributed by atoms with Crippen molar-refractivity contribution in [1.29, 1.82) is 5.26 Å². The molecule has 0 bridgehead atoms. The number of hydrogen-bond donors (Lipinski definition) is 1. The number of halogens is 3. The molecular weight excluding hydrogens is 557 g/mol. The topological polar surface area (TPSA) is 139 Å². The summed E-state index contributed by atoms with van der Waals surface area (Å²) in [5, 5.41) is 17.4. The van der Waals surface area contributed by atoms with Gasteiger partial charge in [0, 0.05) is 19.0 Å². The molecule has 39 heavy (non-hydrogen) atoms. The van der Waals surface area contributed by atoms with Gasteiger partial charge in [0.05, 0.1) is 34.5 Å². The van der Waals surface area contributed by atoms with Crippen LogP contribution >= 0.6 is 11.3 Å². The Morgan fingerprint density at radius 1 is 1.28 bits per heavy atom. The van der Waals surface area contributed by atoms with E-state index in [2.05, 4.69) is 24.9 Å². The Hall–Kier alpha value is -3.39. The molecule has 16 heteroatoms. The molecule has 1 aliphatic carbocycles. The molecule has 11 nitrogen and oxygen atoms in total. The molecule has 1 N–H and O–H groups in total. The maximum Gasteiger partial charge on any atom is 0.291 e. The normalized spacial score (nSPS) is 21.1. The first-order valence-electron chi connectivity index (χ1n) is 11.9. The van der Waals surface area contributed by atoms with Crippen LogP contribution in [0, 0.1) is 11.3 Å². The summed E-state index contributed by atoms with van der Waals surface area (Å²) in [6.45, 7) is 0.455. The standard InChI is InChI=1S/C23H21F3N8O3S2/c1-37-16-4-7-33(9-14(16)24)19-17-13-3-2-12(39(35,36)32-23(10-27)5-6-23)8-15(13)34(20(17)29-11-28-19)22-31-30-21(38-22)18(25)26/h2-3,8,11,14,16,18,32H,4-7,9H2,1H3/t14-,16+/m0/s1. The summed E-state index contributed by atoms with van der Waals surface area (Å²) in [6, 6.07) is 6.31. The zero-order valence-corrected chi connectivity index (χ0v) is 22.0. The number of fused-ring (bicyclic) bond motifs is 3. The molecule has 1 saturated carbocycles. The first-order valence-corrected chi connectivity index (χ1v) is 14.2. The number of benzene rings is 1. The van der Waals surface area contributed by atoms with E-state index >= 15 is 0 Å². The lowest BCUT2D eigenvalue weighted by Gasteiger charge is -2.34. The summed E-state index contributed by atoms with van der Waals surface area (Å²) in [5.41, 5.74) is -0.562. The molecule has 1 saturated heterocycles. The van der Waals surface area contributed by atoms with Gasteiger partial charge in [-0.25, -0.2) is 31.6 Å². The van der Waals surface area contributed by atoms with Gasteiger partial charge in [-0.3, -0.25) is 4.57 Å². The molecular formula is C23H21F3N8O3S2. The molecule has 0 spiro atoms. The van der Waals surface area contributed by atoms with E-state index < -0.39 is 39.3 Å². The molecule has 2 aliphatic rings. The van der Waals surface area contributed by atoms with Gasteiger partial charge in [0.1, 0.15) is 23.9 Å². The molecule has 0 unspecified atom stereocenters. The fraction of sp³-hybridized carbons (Fsp3) is 0.435. The van der Waals surface area contributed by atoms with Gasteiger partial charge in [0.25, 0.3) is 6.43 Å². The molecule has 2 atom stereocenters. The number of piperidine rings is 1. The average Bonchev–Trinajstić information content (AvgIpc) is 3.36. The van der Waals surface area contributed by atoms with Crippen LogP contribution in [0.2, 0.25) is 0 Å². The Bertz CT molecular complexity index is 1730. The minimum Gasteiger partial charge on any atom is -0.378 e. The van der Waals surface area contributed by atoms with Crippen molar-refractivity contribution in [3.05, 3.63) is 29.5 Å². The summed E-state index contributed by atoms with van der Waals surface area (Å²) >= 11 is 0.643. The molecule has 1 aromatic carbocycles. The van der Waals surface area contributed by atoms with Crippen LogP contribution in [-0.4, -0.2) is 71.2 Å². The highest BCUT2D eigenvalue weighted by Gasteiger charge is 2.47. The summed E-state index contributed by atoms with van der Waals surface area (Å²) in [7, 11) is -2.64. The summed E-state index contributed by atoms with van der Waals surface area (Å²) in [6.07, 6.45) is -2.15. The number of nitriles is 1. The smallest absolute Gasteiger partial charge is 0.291 e. The maximum absolute atomic E-state index is 14.8. The quantitative estimate of drug-likeness (QED) is 0.350. The molecule has 0 radical (unpaired) electrons. The lowest BCUT2D eigenvalue weighted by Crippen LogP contribution is -2.45. The number of methoxy groups -OCH3 is 1. The van der Waals surface area contributed by atoms with Gasteiger partial charge >= 0.3 is 0 Å². The van der Waals surface area contributed by atoms with Gasteiger partial charge in [-0.2, -0.15) is 9.98 Å². The second kappa shape index (κ2) is 9.37. The van der Waals surface area contributed by atoms with Crippen LogP contribution in [0.5, 0.6) is 0 Å². The Labute approximate surface area is 224 Å². The van der Waals surface area contributed by atoms with Crippen molar-refractivity contribution in [1.82, 2.24) is 29.5 Å². The Balaban J connectivity index is 1.55. The zero-order valence-electron chi connectivity index (χ0n) is 20.4. The first kappa shape index (κ1) is 25.9. The number of aromatic nitrogens is 5. The SMILES string of the molecule is CO[C@@H]1CCN(c2ncnc3c2c2ccc(S(=O)(=O)NC4(C#N)CC4)cc2n3-c2nnc(C(F)F)s2)C[C@@H]1F. The zero-order chi connectivity index (χ0) is 27.5. The minimum atomic E-state index is -4.10. The van der Waals surface area contributed by atoms with E-state index in [1.54, 1.807) is 11.0 Å². The van der Waals surface area contributed by atoms with Crippen LogP contribution in [0.4, 0.5) is 19.0 Å². The van der Waals surface area contributed by atoms with Crippen molar-refractivity contribution in [2.45, 2.75) is 48.4 Å². The third-order valence-corrected chi connectivity index (χ3v) is 9.44. The summed E-state index contributed by atoms with van der Waals surface area (Å²) in [5.74, 6) is 0.412. The van der Waals surface area contributed by atoms with Crippen molar-refractivity contribution < 1.29 is 26.3 Å². The molecule has 1 aliphatic heterocycles. The van der Waals surface area contributed by atoms with E-state index in [4.69, 9.17) is 4.74 Å². The molecule has 204 valence electrons. The molecule has 0 amide bonds. The molecule has 4 aromatic rings. The second-order valence-corrected chi connectivity index (χ2v) is 12.1. The van der Waals surface area contributed by atoms with Crippen molar-refractivity contribution in [3.8, 4) is 11.2 Å². The number of ether oxygens (including phenoxy) is 1. The van der Waals surface area contributed by atoms with Gasteiger partial charge in [-0.1, -0.05) is 17.4 Å². The van der Waals surface area contributed by atoms with Crippen LogP contribution in [0.25, 0.3) is 27.1 Å². The van der Waals surface area contributed by atoms with Crippen molar-refractivity contribution in [2.75, 3.05) is 25.1 Å². The van der Waals surface area contributed by atoms with Gasteiger partial charge in [0.15, 0.2) is 10.7 Å². The second-order valence-electron chi connectivity index (χ2n) is 9.46. The van der Waals surface area contributed by atoms with Crippen LogP contribution < -0.4 is 9.62 Å². The van der Waals surface area contributed by atoms with Crippen molar-refractivity contribution in [2.24, 2.45) is 0 Å². The van der Waals surface area contributed by atoms with E-state index in [1.807, 2.05) is 6.07 Å². The number of nitrogens with one attached hydrogen (secondary N) is 1. The van der Waals surface area contributed by atoms with Crippen LogP contribution in [-0.2, 0) is 14.8 Å². The number of nitrogens with zero attached hydrogens (tertiary/aromatic N) is 7. The van der Waals surface area contributed by atoms with Gasteiger partial charge in [0.2, 0.25) is 15.2 Å². The third kappa shape index (κ3) is 4.39. The first-order chi connectivity index (χ1) is 18.7. The number of rotatable bonds is 7. The molecule has 6 rings (SSSR count). The highest BCUT2D eigenvalue weighted by Crippen LogP contribution is 2.40. The number of anilines is 1. The summed E-state index contributed by atoms with van der Waals surface area (Å²) in [4.78, 5) is 10.4. The van der Waals surface area contributed by atoms with Crippen LogP contribution in [0.3, 0.4) is 0 Å². The van der Waals surface area contributed by atoms with Gasteiger partial charge < -0.3 is 9.64 Å². The van der Waals surface area contributed by atoms with Crippen molar-refractivity contribution >= 4 is 49.1 Å². The summed E-state index contributed by atoms with van der Waals surface area (Å²) < 4.78 is 77.0. The Kier molecular flexibility index (Phi) is 6.21. The average molecular weight is 579 g/mol. The lowest BCUT2D eigenvalue weighted by molar-refractivity contribution is 0.0196. The third-order valence-electron chi connectivity index (χ3n) is 6.99. The number of alkyl halides is 3. The largest absolute Gasteiger partial charge is 0.378 e. The highest BCUT2D eigenvalue weighted by atomic mass is 32.2. The maximum atomic E-state index is 14.8. The van der Waals surface area contributed by atoms with Crippen LogP contribution in [0.1, 0.15) is 30.7 Å². The van der Waals surface area contributed by atoms with E-state index in [9.17, 15) is 26.9 Å². The van der Waals surface area contributed by atoms with Crippen molar-refractivity contribution in [3.63, 3.8) is 0 Å². The molecule has 2 fully saturated rings. The fourth-order valence-electron chi connectivity index (χ4n) is 4.82. The van der Waals surface area contributed by atoms with Crippen LogP contribution in [0.15, 0.2) is 29.4 Å². The molecule has 3 aromatic heterocycles. The predicted octanol–water partition coefficient (Wildman–Crippen LogP) is 3.26. The minimum absolute atomic E-state index is 0.0122. The van der Waals surface area contributed by atoms with E-state index in [-0.39, 0.29) is 22.2 Å². The van der Waals surface area contributed by atoms with Gasteiger partial charge in [-0.05, 0) is 31.4 Å². The van der Waals surface area contributed by atoms with E-state index in [1.165, 1.54) is 30.1 Å². The molecule has 4 heterocycles. The van der Waals surface area contributed by atoms with E-state index in [0.29, 0.717) is 59.3 Å². The fourth-order valence-corrected chi connectivity index (χ4v) is 6.94. The highest BCUT2D eigenvalue weighted by molar-refractivity contribution is 7.89. The monoisotopic (exact) mass is 578 g/mol.